The van der Waals surface area contributed by atoms with Crippen molar-refractivity contribution in [1.29, 1.82) is 0 Å². The third-order valence-electron chi connectivity index (χ3n) is 2.59. The van der Waals surface area contributed by atoms with E-state index in [2.05, 4.69) is 0 Å². The molecule has 1 heterocycles. The van der Waals surface area contributed by atoms with E-state index in [1.807, 2.05) is 24.3 Å². The molecule has 1 aromatic rings. The fraction of sp³-hybridized carbons (Fsp3) is 0.500. The molecule has 0 spiro atoms. The van der Waals surface area contributed by atoms with Crippen molar-refractivity contribution in [2.75, 3.05) is 18.9 Å². The van der Waals surface area contributed by atoms with Gasteiger partial charge in [-0.15, -0.1) is 0 Å². The van der Waals surface area contributed by atoms with Gasteiger partial charge in [0.2, 0.25) is 0 Å². The van der Waals surface area contributed by atoms with Crippen LogP contribution in [0.1, 0.15) is 19.3 Å². The fourth-order valence-electron chi connectivity index (χ4n) is 1.69. The van der Waals surface area contributed by atoms with Gasteiger partial charge in [-0.25, -0.2) is 0 Å². The minimum atomic E-state index is 0.260. The Kier molecular flexibility index (Phi) is 3.45. The zero-order chi connectivity index (χ0) is 10.5. The highest BCUT2D eigenvalue weighted by atomic mass is 16.5. The van der Waals surface area contributed by atoms with Gasteiger partial charge in [0.15, 0.2) is 0 Å². The van der Waals surface area contributed by atoms with Crippen LogP contribution in [0.5, 0.6) is 5.75 Å². The van der Waals surface area contributed by atoms with Crippen molar-refractivity contribution < 1.29 is 9.47 Å². The SMILES string of the molecule is Nc1ccc(OCC2CCCCO2)cc1. The summed E-state index contributed by atoms with van der Waals surface area (Å²) in [5, 5.41) is 0. The van der Waals surface area contributed by atoms with Crippen LogP contribution in [0.25, 0.3) is 0 Å². The van der Waals surface area contributed by atoms with E-state index in [9.17, 15) is 0 Å². The van der Waals surface area contributed by atoms with Crippen LogP contribution in [-0.4, -0.2) is 19.3 Å². The fourth-order valence-corrected chi connectivity index (χ4v) is 1.69. The van der Waals surface area contributed by atoms with Gasteiger partial charge in [0, 0.05) is 12.3 Å². The van der Waals surface area contributed by atoms with Gasteiger partial charge >= 0.3 is 0 Å². The Bertz CT molecular complexity index is 291. The first-order chi connectivity index (χ1) is 7.34. The van der Waals surface area contributed by atoms with E-state index >= 15 is 0 Å². The lowest BCUT2D eigenvalue weighted by Gasteiger charge is -2.22. The lowest BCUT2D eigenvalue weighted by Crippen LogP contribution is -2.25. The monoisotopic (exact) mass is 207 g/mol. The number of anilines is 1. The average molecular weight is 207 g/mol. The molecule has 1 aliphatic rings. The molecule has 3 nitrogen and oxygen atoms in total. The van der Waals surface area contributed by atoms with Crippen LogP contribution in [0.3, 0.4) is 0 Å². The van der Waals surface area contributed by atoms with Gasteiger partial charge in [0.05, 0.1) is 6.10 Å². The van der Waals surface area contributed by atoms with Crippen LogP contribution >= 0.6 is 0 Å². The summed E-state index contributed by atoms with van der Waals surface area (Å²) in [5.74, 6) is 0.860. The van der Waals surface area contributed by atoms with Crippen LogP contribution < -0.4 is 10.5 Å². The van der Waals surface area contributed by atoms with Crippen LogP contribution in [0, 0.1) is 0 Å². The van der Waals surface area contributed by atoms with E-state index in [4.69, 9.17) is 15.2 Å². The maximum Gasteiger partial charge on any atom is 0.119 e. The van der Waals surface area contributed by atoms with Crippen LogP contribution in [-0.2, 0) is 4.74 Å². The molecule has 1 aliphatic heterocycles. The first kappa shape index (κ1) is 10.3. The average Bonchev–Trinajstić information content (AvgIpc) is 2.30. The van der Waals surface area contributed by atoms with Gasteiger partial charge in [0.1, 0.15) is 12.4 Å². The summed E-state index contributed by atoms with van der Waals surface area (Å²) in [6.45, 7) is 1.51. The van der Waals surface area contributed by atoms with Gasteiger partial charge in [-0.2, -0.15) is 0 Å². The summed E-state index contributed by atoms with van der Waals surface area (Å²) in [7, 11) is 0. The molecule has 0 bridgehead atoms. The summed E-state index contributed by atoms with van der Waals surface area (Å²) in [6.07, 6.45) is 3.79. The van der Waals surface area contributed by atoms with E-state index in [1.165, 1.54) is 12.8 Å². The maximum absolute atomic E-state index is 5.62. The molecule has 3 heteroatoms. The molecule has 2 N–H and O–H groups in total. The van der Waals surface area contributed by atoms with Crippen molar-refractivity contribution in [2.24, 2.45) is 0 Å². The highest BCUT2D eigenvalue weighted by molar-refractivity contribution is 5.41. The minimum absolute atomic E-state index is 0.260. The highest BCUT2D eigenvalue weighted by Gasteiger charge is 2.14. The molecule has 1 atom stereocenters. The van der Waals surface area contributed by atoms with Gasteiger partial charge < -0.3 is 15.2 Å². The summed E-state index contributed by atoms with van der Waals surface area (Å²) in [5.41, 5.74) is 6.35. The molecule has 15 heavy (non-hydrogen) atoms. The van der Waals surface area contributed by atoms with Crippen molar-refractivity contribution in [3.63, 3.8) is 0 Å². The second-order valence-electron chi connectivity index (χ2n) is 3.87. The topological polar surface area (TPSA) is 44.5 Å². The molecule has 1 fully saturated rings. The molecule has 1 saturated heterocycles. The van der Waals surface area contributed by atoms with Gasteiger partial charge in [-0.1, -0.05) is 0 Å². The van der Waals surface area contributed by atoms with E-state index in [0.29, 0.717) is 6.61 Å². The zero-order valence-electron chi connectivity index (χ0n) is 8.82. The zero-order valence-corrected chi connectivity index (χ0v) is 8.82. The Morgan fingerprint density at radius 2 is 2.07 bits per heavy atom. The van der Waals surface area contributed by atoms with E-state index in [0.717, 1.165) is 24.5 Å². The number of rotatable bonds is 3. The van der Waals surface area contributed by atoms with Crippen molar-refractivity contribution in [2.45, 2.75) is 25.4 Å². The van der Waals surface area contributed by atoms with Crippen LogP contribution in [0.4, 0.5) is 5.69 Å². The smallest absolute Gasteiger partial charge is 0.119 e. The number of hydrogen-bond donors (Lipinski definition) is 1. The number of nitrogen functional groups attached to an aromatic ring is 1. The van der Waals surface area contributed by atoms with Crippen molar-refractivity contribution in [1.82, 2.24) is 0 Å². The number of hydrogen-bond acceptors (Lipinski definition) is 3. The van der Waals surface area contributed by atoms with E-state index in [-0.39, 0.29) is 6.10 Å². The predicted octanol–water partition coefficient (Wildman–Crippen LogP) is 2.22. The molecule has 82 valence electrons. The summed E-state index contributed by atoms with van der Waals surface area (Å²) in [4.78, 5) is 0. The molecule has 1 aromatic carbocycles. The van der Waals surface area contributed by atoms with Crippen molar-refractivity contribution in [3.8, 4) is 5.75 Å². The van der Waals surface area contributed by atoms with E-state index < -0.39 is 0 Å². The standard InChI is InChI=1S/C12H17NO2/c13-10-4-6-11(7-5-10)15-9-12-3-1-2-8-14-12/h4-7,12H,1-3,8-9,13H2. The second-order valence-corrected chi connectivity index (χ2v) is 3.87. The quantitative estimate of drug-likeness (QED) is 0.773. The summed E-state index contributed by atoms with van der Waals surface area (Å²) in [6, 6.07) is 7.46. The minimum Gasteiger partial charge on any atom is -0.491 e. The third kappa shape index (κ3) is 3.13. The number of ether oxygens (including phenoxy) is 2. The molecular formula is C12H17NO2. The van der Waals surface area contributed by atoms with Crippen LogP contribution in [0.15, 0.2) is 24.3 Å². The van der Waals surface area contributed by atoms with Gasteiger partial charge in [-0.05, 0) is 43.5 Å². The predicted molar refractivity (Wildman–Crippen MR) is 59.9 cm³/mol. The molecular weight excluding hydrogens is 190 g/mol. The Morgan fingerprint density at radius 3 is 2.73 bits per heavy atom. The molecule has 0 aliphatic carbocycles. The van der Waals surface area contributed by atoms with Crippen molar-refractivity contribution in [3.05, 3.63) is 24.3 Å². The Labute approximate surface area is 90.2 Å². The molecule has 0 radical (unpaired) electrons. The third-order valence-corrected chi connectivity index (χ3v) is 2.59. The number of nitrogens with two attached hydrogens (primary N) is 1. The molecule has 0 saturated carbocycles. The first-order valence-electron chi connectivity index (χ1n) is 5.44. The molecule has 0 aromatic heterocycles. The largest absolute Gasteiger partial charge is 0.491 e. The molecule has 1 unspecified atom stereocenters. The van der Waals surface area contributed by atoms with E-state index in [1.54, 1.807) is 0 Å². The Balaban J connectivity index is 1.79. The second kappa shape index (κ2) is 5.03. The first-order valence-corrected chi connectivity index (χ1v) is 5.44. The van der Waals surface area contributed by atoms with Crippen LogP contribution in [0.2, 0.25) is 0 Å². The lowest BCUT2D eigenvalue weighted by molar-refractivity contribution is -0.0110. The summed E-state index contributed by atoms with van der Waals surface area (Å²) >= 11 is 0. The molecule has 2 rings (SSSR count). The Hall–Kier alpha value is -1.22. The Morgan fingerprint density at radius 1 is 1.27 bits per heavy atom. The molecule has 0 amide bonds. The van der Waals surface area contributed by atoms with Crippen molar-refractivity contribution >= 4 is 5.69 Å². The highest BCUT2D eigenvalue weighted by Crippen LogP contribution is 2.17. The normalized spacial score (nSPS) is 21.2. The van der Waals surface area contributed by atoms with Gasteiger partial charge in [-0.3, -0.25) is 0 Å². The number of benzene rings is 1. The van der Waals surface area contributed by atoms with Gasteiger partial charge in [0.25, 0.3) is 0 Å². The summed E-state index contributed by atoms with van der Waals surface area (Å²) < 4.78 is 11.2. The lowest BCUT2D eigenvalue weighted by atomic mass is 10.1. The maximum atomic E-state index is 5.62.